The molecule has 37 heavy (non-hydrogen) atoms. The van der Waals surface area contributed by atoms with Crippen molar-refractivity contribution in [2.45, 2.75) is 32.5 Å². The first-order valence-electron chi connectivity index (χ1n) is 12.4. The van der Waals surface area contributed by atoms with Crippen molar-refractivity contribution in [2.75, 3.05) is 19.7 Å². The van der Waals surface area contributed by atoms with Crippen molar-refractivity contribution >= 4 is 16.9 Å². The fourth-order valence-corrected chi connectivity index (χ4v) is 4.79. The number of carbonyl (C=O) groups is 1. The van der Waals surface area contributed by atoms with Gasteiger partial charge in [0.25, 0.3) is 5.91 Å². The molecule has 1 saturated heterocycles. The summed E-state index contributed by atoms with van der Waals surface area (Å²) < 4.78 is 25.1. The van der Waals surface area contributed by atoms with E-state index in [1.165, 1.54) is 18.2 Å². The van der Waals surface area contributed by atoms with E-state index in [4.69, 9.17) is 9.15 Å². The number of hydrogen-bond acceptors (Lipinski definition) is 5. The van der Waals surface area contributed by atoms with E-state index in [0.717, 1.165) is 11.1 Å². The van der Waals surface area contributed by atoms with Crippen LogP contribution in [0.15, 0.2) is 88.1 Å². The average Bonchev–Trinajstić information content (AvgIpc) is 2.90. The fraction of sp³-hybridized carbons (Fsp3) is 0.267. The second-order valence-electron chi connectivity index (χ2n) is 9.59. The van der Waals surface area contributed by atoms with Crippen LogP contribution in [0.25, 0.3) is 22.3 Å². The smallest absolute Gasteiger partial charge is 0.260 e. The Balaban J connectivity index is 1.24. The Hall–Kier alpha value is -3.97. The highest BCUT2D eigenvalue weighted by atomic mass is 19.1. The molecule has 5 rings (SSSR count). The van der Waals surface area contributed by atoms with Gasteiger partial charge in [-0.05, 0) is 43.7 Å². The van der Waals surface area contributed by atoms with Crippen molar-refractivity contribution in [1.82, 2.24) is 9.80 Å². The highest BCUT2D eigenvalue weighted by Gasteiger charge is 2.32. The molecule has 2 unspecified atom stereocenters. The average molecular weight is 501 g/mol. The zero-order chi connectivity index (χ0) is 25.9. The van der Waals surface area contributed by atoms with Gasteiger partial charge in [0.1, 0.15) is 22.9 Å². The van der Waals surface area contributed by atoms with E-state index < -0.39 is 0 Å². The van der Waals surface area contributed by atoms with Crippen LogP contribution in [-0.2, 0) is 11.3 Å². The summed E-state index contributed by atoms with van der Waals surface area (Å²) >= 11 is 0. The van der Waals surface area contributed by atoms with Gasteiger partial charge in [0, 0.05) is 49.4 Å². The second-order valence-corrected chi connectivity index (χ2v) is 9.59. The zero-order valence-electron chi connectivity index (χ0n) is 20.9. The topological polar surface area (TPSA) is 63.0 Å². The molecule has 190 valence electrons. The molecule has 6 nitrogen and oxygen atoms in total. The summed E-state index contributed by atoms with van der Waals surface area (Å²) in [6.45, 7) is 6.01. The number of rotatable bonds is 6. The van der Waals surface area contributed by atoms with E-state index in [1.807, 2.05) is 42.2 Å². The monoisotopic (exact) mass is 500 g/mol. The van der Waals surface area contributed by atoms with Crippen molar-refractivity contribution in [1.29, 1.82) is 0 Å². The van der Waals surface area contributed by atoms with Crippen LogP contribution in [0.4, 0.5) is 4.39 Å². The number of ether oxygens (including phenoxy) is 1. The van der Waals surface area contributed by atoms with Gasteiger partial charge in [0.05, 0.1) is 5.39 Å². The molecule has 2 atom stereocenters. The molecule has 0 spiro atoms. The van der Waals surface area contributed by atoms with Crippen molar-refractivity contribution < 1.29 is 18.3 Å². The number of nitrogens with zero attached hydrogens (tertiary/aromatic N) is 2. The van der Waals surface area contributed by atoms with Gasteiger partial charge in [-0.25, -0.2) is 4.39 Å². The quantitative estimate of drug-likeness (QED) is 0.369. The number of benzene rings is 3. The van der Waals surface area contributed by atoms with Gasteiger partial charge >= 0.3 is 0 Å². The van der Waals surface area contributed by atoms with Crippen molar-refractivity contribution in [3.8, 4) is 17.1 Å². The number of halogens is 1. The molecule has 0 aliphatic carbocycles. The molecular weight excluding hydrogens is 471 g/mol. The number of piperazine rings is 1. The van der Waals surface area contributed by atoms with Gasteiger partial charge in [0.2, 0.25) is 0 Å². The first-order valence-corrected chi connectivity index (χ1v) is 12.4. The van der Waals surface area contributed by atoms with Crippen molar-refractivity contribution in [2.24, 2.45) is 0 Å². The number of carbonyl (C=O) groups excluding carboxylic acids is 1. The second kappa shape index (κ2) is 10.6. The molecule has 4 aromatic rings. The van der Waals surface area contributed by atoms with Crippen LogP contribution in [0.5, 0.6) is 5.75 Å². The molecular formula is C30H29FN2O4. The van der Waals surface area contributed by atoms with Crippen LogP contribution < -0.4 is 10.2 Å². The van der Waals surface area contributed by atoms with Crippen LogP contribution in [-0.4, -0.2) is 47.5 Å². The number of fused-ring (bicyclic) bond motifs is 1. The summed E-state index contributed by atoms with van der Waals surface area (Å²) in [5.74, 6) is 0.601. The molecule has 0 radical (unpaired) electrons. The number of hydrogen-bond donors (Lipinski definition) is 0. The van der Waals surface area contributed by atoms with Gasteiger partial charge in [-0.15, -0.1) is 0 Å². The molecule has 0 saturated carbocycles. The first-order chi connectivity index (χ1) is 17.9. The van der Waals surface area contributed by atoms with Gasteiger partial charge < -0.3 is 14.1 Å². The predicted molar refractivity (Wildman–Crippen MR) is 141 cm³/mol. The van der Waals surface area contributed by atoms with Crippen molar-refractivity contribution in [3.63, 3.8) is 0 Å². The molecule has 2 heterocycles. The molecule has 3 aromatic carbocycles. The van der Waals surface area contributed by atoms with E-state index in [9.17, 15) is 14.0 Å². The predicted octanol–water partition coefficient (Wildman–Crippen LogP) is 5.10. The maximum Gasteiger partial charge on any atom is 0.260 e. The highest BCUT2D eigenvalue weighted by molar-refractivity contribution is 5.81. The summed E-state index contributed by atoms with van der Waals surface area (Å²) in [5, 5.41) is 0.457. The molecule has 0 bridgehead atoms. The molecule has 7 heteroatoms. The minimum atomic E-state index is -0.245. The van der Waals surface area contributed by atoms with E-state index in [1.54, 1.807) is 30.3 Å². The summed E-state index contributed by atoms with van der Waals surface area (Å²) in [6, 6.07) is 22.6. The minimum Gasteiger partial charge on any atom is -0.484 e. The molecule has 1 aliphatic heterocycles. The van der Waals surface area contributed by atoms with Gasteiger partial charge in [-0.1, -0.05) is 42.5 Å². The Morgan fingerprint density at radius 3 is 2.49 bits per heavy atom. The molecule has 1 fully saturated rings. The van der Waals surface area contributed by atoms with Crippen LogP contribution >= 0.6 is 0 Å². The van der Waals surface area contributed by atoms with E-state index >= 15 is 0 Å². The summed E-state index contributed by atoms with van der Waals surface area (Å²) in [5.41, 5.74) is 2.13. The lowest BCUT2D eigenvalue weighted by atomic mass is 10.1. The standard InChI is InChI=1S/C30H29FN2O4/c1-20-17-33(21(2)16-32(20)18-22-8-10-24(31)11-9-22)30(35)19-36-25-12-13-26-27(34)15-28(37-29(26)14-25)23-6-4-3-5-7-23/h3-15,20-21H,16-19H2,1-2H3. The third-order valence-electron chi connectivity index (χ3n) is 6.86. The highest BCUT2D eigenvalue weighted by Crippen LogP contribution is 2.25. The Bertz CT molecular complexity index is 1450. The third-order valence-corrected chi connectivity index (χ3v) is 6.86. The van der Waals surface area contributed by atoms with Crippen LogP contribution in [0, 0.1) is 5.82 Å². The lowest BCUT2D eigenvalue weighted by Crippen LogP contribution is -2.58. The third kappa shape index (κ3) is 5.57. The normalized spacial score (nSPS) is 18.2. The molecule has 0 N–H and O–H groups in total. The minimum absolute atomic E-state index is 0.0100. The Kier molecular flexibility index (Phi) is 7.06. The maximum atomic E-state index is 13.2. The Labute approximate surface area is 214 Å². The SMILES string of the molecule is CC1CN(C(=O)COc2ccc3c(=O)cc(-c4ccccc4)oc3c2)C(C)CN1Cc1ccc(F)cc1. The van der Waals surface area contributed by atoms with Gasteiger partial charge in [0.15, 0.2) is 12.0 Å². The Morgan fingerprint density at radius 2 is 1.73 bits per heavy atom. The fourth-order valence-electron chi connectivity index (χ4n) is 4.79. The maximum absolute atomic E-state index is 13.2. The molecule has 1 aromatic heterocycles. The van der Waals surface area contributed by atoms with Gasteiger partial charge in [-0.3, -0.25) is 14.5 Å². The summed E-state index contributed by atoms with van der Waals surface area (Å²) in [6.07, 6.45) is 0. The first kappa shape index (κ1) is 24.7. The molecule has 1 aliphatic rings. The van der Waals surface area contributed by atoms with Crippen molar-refractivity contribution in [3.05, 3.63) is 100 Å². The largest absolute Gasteiger partial charge is 0.484 e. The lowest BCUT2D eigenvalue weighted by molar-refractivity contribution is -0.139. The summed E-state index contributed by atoms with van der Waals surface area (Å²) in [4.78, 5) is 29.8. The van der Waals surface area contributed by atoms with Crippen LogP contribution in [0.3, 0.4) is 0 Å². The Morgan fingerprint density at radius 1 is 0.973 bits per heavy atom. The van der Waals surface area contributed by atoms with E-state index in [-0.39, 0.29) is 35.8 Å². The number of amides is 1. The lowest BCUT2D eigenvalue weighted by Gasteiger charge is -2.44. The van der Waals surface area contributed by atoms with E-state index in [0.29, 0.717) is 42.1 Å². The van der Waals surface area contributed by atoms with Gasteiger partial charge in [-0.2, -0.15) is 0 Å². The van der Waals surface area contributed by atoms with Crippen LogP contribution in [0.2, 0.25) is 0 Å². The van der Waals surface area contributed by atoms with Crippen LogP contribution in [0.1, 0.15) is 19.4 Å². The summed E-state index contributed by atoms with van der Waals surface area (Å²) in [7, 11) is 0. The molecule has 1 amide bonds. The van der Waals surface area contributed by atoms with E-state index in [2.05, 4.69) is 11.8 Å². The zero-order valence-corrected chi connectivity index (χ0v) is 20.9.